The number of unbranched alkanes of at least 4 members (excludes halogenated alkanes) is 1. The van der Waals surface area contributed by atoms with Crippen LogP contribution in [-0.4, -0.2) is 23.5 Å². The fraction of sp³-hybridized carbons (Fsp3) is 0.222. The van der Waals surface area contributed by atoms with Gasteiger partial charge in [-0.05, 0) is 73.6 Å². The van der Waals surface area contributed by atoms with Crippen molar-refractivity contribution < 1.29 is 14.3 Å². The number of amides is 2. The van der Waals surface area contributed by atoms with Crippen molar-refractivity contribution in [1.29, 1.82) is 0 Å². The number of hydrogen-bond acceptors (Lipinski definition) is 4. The second kappa shape index (κ2) is 12.5. The maximum atomic E-state index is 12.6. The summed E-state index contributed by atoms with van der Waals surface area (Å²) in [6.07, 6.45) is 2.00. The standard InChI is InChI=1S/C27H29N3O3S/c1-3-4-17-33-24-12-8-11-22(18-24)26(32)30-27(34)29-23-15-13-21(14-16-23)25(31)28-19(2)20-9-6-5-7-10-20/h5-16,18-19H,3-4,17H2,1-2H3,(H,28,31)(H2,29,30,32,34). The van der Waals surface area contributed by atoms with Gasteiger partial charge in [-0.3, -0.25) is 14.9 Å². The second-order valence-electron chi connectivity index (χ2n) is 7.82. The van der Waals surface area contributed by atoms with E-state index < -0.39 is 0 Å². The third kappa shape index (κ3) is 7.42. The van der Waals surface area contributed by atoms with Crippen LogP contribution in [0.4, 0.5) is 5.69 Å². The topological polar surface area (TPSA) is 79.5 Å². The van der Waals surface area contributed by atoms with E-state index in [1.54, 1.807) is 42.5 Å². The van der Waals surface area contributed by atoms with Gasteiger partial charge in [0.05, 0.1) is 12.6 Å². The zero-order valence-corrected chi connectivity index (χ0v) is 20.2. The van der Waals surface area contributed by atoms with E-state index in [1.807, 2.05) is 43.3 Å². The minimum Gasteiger partial charge on any atom is -0.494 e. The SMILES string of the molecule is CCCCOc1cccc(C(=O)NC(=S)Nc2ccc(C(=O)NC(C)c3ccccc3)cc2)c1. The molecule has 7 heteroatoms. The van der Waals surface area contributed by atoms with Crippen LogP contribution in [0.5, 0.6) is 5.75 Å². The fourth-order valence-corrected chi connectivity index (χ4v) is 3.42. The van der Waals surface area contributed by atoms with Crippen molar-refractivity contribution in [2.75, 3.05) is 11.9 Å². The number of ether oxygens (including phenoxy) is 1. The summed E-state index contributed by atoms with van der Waals surface area (Å²) in [5.41, 5.74) is 2.68. The van der Waals surface area contributed by atoms with Crippen LogP contribution >= 0.6 is 12.2 Å². The van der Waals surface area contributed by atoms with Crippen LogP contribution in [0.25, 0.3) is 0 Å². The third-order valence-corrected chi connectivity index (χ3v) is 5.35. The quantitative estimate of drug-likeness (QED) is 0.282. The molecule has 3 aromatic carbocycles. The predicted octanol–water partition coefficient (Wildman–Crippen LogP) is 5.48. The number of benzene rings is 3. The maximum absolute atomic E-state index is 12.6. The number of rotatable bonds is 9. The Morgan fingerprint density at radius 3 is 2.35 bits per heavy atom. The summed E-state index contributed by atoms with van der Waals surface area (Å²) in [6, 6.07) is 23.5. The lowest BCUT2D eigenvalue weighted by atomic mass is 10.1. The summed E-state index contributed by atoms with van der Waals surface area (Å²) in [5, 5.41) is 8.78. The number of thiocarbonyl (C=S) groups is 1. The first kappa shape index (κ1) is 24.9. The number of carbonyl (C=O) groups excluding carboxylic acids is 2. The maximum Gasteiger partial charge on any atom is 0.257 e. The van der Waals surface area contributed by atoms with Gasteiger partial charge in [-0.25, -0.2) is 0 Å². The Morgan fingerprint density at radius 1 is 0.912 bits per heavy atom. The van der Waals surface area contributed by atoms with Gasteiger partial charge in [-0.15, -0.1) is 0 Å². The lowest BCUT2D eigenvalue weighted by Gasteiger charge is -2.15. The van der Waals surface area contributed by atoms with Crippen molar-refractivity contribution in [3.8, 4) is 5.75 Å². The zero-order chi connectivity index (χ0) is 24.3. The highest BCUT2D eigenvalue weighted by Gasteiger charge is 2.12. The molecule has 0 heterocycles. The Bertz CT molecular complexity index is 1120. The van der Waals surface area contributed by atoms with Crippen LogP contribution in [0.15, 0.2) is 78.9 Å². The van der Waals surface area contributed by atoms with E-state index in [-0.39, 0.29) is 23.0 Å². The first-order valence-electron chi connectivity index (χ1n) is 11.3. The zero-order valence-electron chi connectivity index (χ0n) is 19.3. The third-order valence-electron chi connectivity index (χ3n) is 5.14. The highest BCUT2D eigenvalue weighted by atomic mass is 32.1. The van der Waals surface area contributed by atoms with Gasteiger partial charge in [-0.1, -0.05) is 49.7 Å². The number of hydrogen-bond donors (Lipinski definition) is 3. The molecule has 3 rings (SSSR count). The predicted molar refractivity (Wildman–Crippen MR) is 139 cm³/mol. The van der Waals surface area contributed by atoms with E-state index in [0.29, 0.717) is 29.2 Å². The van der Waals surface area contributed by atoms with Crippen molar-refractivity contribution in [3.05, 3.63) is 95.6 Å². The lowest BCUT2D eigenvalue weighted by molar-refractivity contribution is 0.0938. The largest absolute Gasteiger partial charge is 0.494 e. The van der Waals surface area contributed by atoms with E-state index in [2.05, 4.69) is 22.9 Å². The average Bonchev–Trinajstić information content (AvgIpc) is 2.85. The minimum absolute atomic E-state index is 0.107. The van der Waals surface area contributed by atoms with E-state index in [4.69, 9.17) is 17.0 Å². The molecular formula is C27H29N3O3S. The van der Waals surface area contributed by atoms with Crippen LogP contribution in [0.1, 0.15) is 59.0 Å². The van der Waals surface area contributed by atoms with Gasteiger partial charge >= 0.3 is 0 Å². The summed E-state index contributed by atoms with van der Waals surface area (Å²) in [4.78, 5) is 25.1. The summed E-state index contributed by atoms with van der Waals surface area (Å²) in [7, 11) is 0. The smallest absolute Gasteiger partial charge is 0.257 e. The Morgan fingerprint density at radius 2 is 1.65 bits per heavy atom. The number of carbonyl (C=O) groups is 2. The van der Waals surface area contributed by atoms with Crippen LogP contribution in [0.2, 0.25) is 0 Å². The van der Waals surface area contributed by atoms with Gasteiger partial charge in [0.15, 0.2) is 5.11 Å². The van der Waals surface area contributed by atoms with Crippen molar-refractivity contribution in [2.45, 2.75) is 32.7 Å². The second-order valence-corrected chi connectivity index (χ2v) is 8.23. The molecule has 176 valence electrons. The average molecular weight is 476 g/mol. The van der Waals surface area contributed by atoms with Gasteiger partial charge in [0.2, 0.25) is 0 Å². The molecule has 2 amide bonds. The van der Waals surface area contributed by atoms with Crippen molar-refractivity contribution in [1.82, 2.24) is 10.6 Å². The summed E-state index contributed by atoms with van der Waals surface area (Å²) >= 11 is 5.27. The molecule has 34 heavy (non-hydrogen) atoms. The first-order chi connectivity index (χ1) is 16.5. The van der Waals surface area contributed by atoms with Gasteiger partial charge in [0, 0.05) is 16.8 Å². The Balaban J connectivity index is 1.52. The lowest BCUT2D eigenvalue weighted by Crippen LogP contribution is -2.34. The van der Waals surface area contributed by atoms with Gasteiger partial charge < -0.3 is 15.4 Å². The molecule has 1 atom stereocenters. The minimum atomic E-state index is -0.329. The highest BCUT2D eigenvalue weighted by molar-refractivity contribution is 7.80. The highest BCUT2D eigenvalue weighted by Crippen LogP contribution is 2.16. The molecule has 3 aromatic rings. The molecule has 0 fully saturated rings. The summed E-state index contributed by atoms with van der Waals surface area (Å²) in [5.74, 6) is 0.152. The number of anilines is 1. The van der Waals surface area contributed by atoms with Crippen molar-refractivity contribution in [3.63, 3.8) is 0 Å². The molecule has 0 radical (unpaired) electrons. The molecule has 6 nitrogen and oxygen atoms in total. The molecular weight excluding hydrogens is 446 g/mol. The van der Waals surface area contributed by atoms with Gasteiger partial charge in [0.25, 0.3) is 11.8 Å². The molecule has 3 N–H and O–H groups in total. The van der Waals surface area contributed by atoms with Crippen molar-refractivity contribution in [2.24, 2.45) is 0 Å². The normalized spacial score (nSPS) is 11.2. The van der Waals surface area contributed by atoms with E-state index in [1.165, 1.54) is 0 Å². The molecule has 1 unspecified atom stereocenters. The van der Waals surface area contributed by atoms with Crippen LogP contribution in [0.3, 0.4) is 0 Å². The Labute approximate surface area is 205 Å². The molecule has 0 aliphatic heterocycles. The van der Waals surface area contributed by atoms with E-state index in [9.17, 15) is 9.59 Å². The molecule has 0 saturated carbocycles. The fourth-order valence-electron chi connectivity index (χ4n) is 3.21. The first-order valence-corrected chi connectivity index (χ1v) is 11.7. The summed E-state index contributed by atoms with van der Waals surface area (Å²) < 4.78 is 5.66. The molecule has 0 spiro atoms. The van der Waals surface area contributed by atoms with Crippen molar-refractivity contribution >= 4 is 34.8 Å². The van der Waals surface area contributed by atoms with Crippen LogP contribution in [-0.2, 0) is 0 Å². The Kier molecular flexibility index (Phi) is 9.17. The Hall–Kier alpha value is -3.71. The van der Waals surface area contributed by atoms with E-state index >= 15 is 0 Å². The monoisotopic (exact) mass is 475 g/mol. The van der Waals surface area contributed by atoms with Crippen LogP contribution < -0.4 is 20.7 Å². The van der Waals surface area contributed by atoms with Gasteiger partial charge in [-0.2, -0.15) is 0 Å². The van der Waals surface area contributed by atoms with Gasteiger partial charge in [0.1, 0.15) is 5.75 Å². The molecule has 0 saturated heterocycles. The molecule has 0 aliphatic carbocycles. The molecule has 0 bridgehead atoms. The molecule has 0 aromatic heterocycles. The van der Waals surface area contributed by atoms with E-state index in [0.717, 1.165) is 18.4 Å². The summed E-state index contributed by atoms with van der Waals surface area (Å²) in [6.45, 7) is 4.65. The van der Waals surface area contributed by atoms with Crippen LogP contribution in [0, 0.1) is 0 Å². The molecule has 0 aliphatic rings. The number of nitrogens with one attached hydrogen (secondary N) is 3.